The summed E-state index contributed by atoms with van der Waals surface area (Å²) >= 11 is 0. The first-order valence-corrected chi connectivity index (χ1v) is 3.04. The normalized spacial score (nSPS) is 28.9. The maximum atomic E-state index is 8.99. The molecule has 10 heavy (non-hydrogen) atoms. The number of β-amino-alcohol motifs (C(OH)–C–C–N with tert-alkyl or cyclic N) is 1. The lowest BCUT2D eigenvalue weighted by Gasteiger charge is -2.25. The van der Waals surface area contributed by atoms with Gasteiger partial charge in [-0.2, -0.15) is 0 Å². The molecule has 1 fully saturated rings. The van der Waals surface area contributed by atoms with E-state index in [1.165, 1.54) is 4.90 Å². The first kappa shape index (κ1) is 4.93. The molecule has 0 atom stereocenters. The summed E-state index contributed by atoms with van der Waals surface area (Å²) < 4.78 is 28.7. The molecule has 0 bridgehead atoms. The predicted octanol–water partition coefficient (Wildman–Crippen LogP) is -0.694. The number of aliphatic hydroxyl groups is 1. The molecule has 0 aromatic carbocycles. The summed E-state index contributed by atoms with van der Waals surface area (Å²) in [6, 6.07) is 0. The zero-order chi connectivity index (χ0) is 10.1. The van der Waals surface area contributed by atoms with Crippen molar-refractivity contribution in [3.63, 3.8) is 0 Å². The van der Waals surface area contributed by atoms with E-state index in [1.807, 2.05) is 0 Å². The van der Waals surface area contributed by atoms with Crippen molar-refractivity contribution >= 4 is 12.4 Å². The van der Waals surface area contributed by atoms with Crippen LogP contribution in [0.2, 0.25) is 0 Å². The number of nitrogens with one attached hydrogen (secondary N) is 1. The molecular formula is C6H15ClN2O. The summed E-state index contributed by atoms with van der Waals surface area (Å²) in [5.74, 6) is 0. The quantitative estimate of drug-likeness (QED) is 0.576. The van der Waals surface area contributed by atoms with Gasteiger partial charge in [0.2, 0.25) is 0 Å². The fraction of sp³-hybridized carbons (Fsp3) is 1.00. The van der Waals surface area contributed by atoms with Crippen molar-refractivity contribution in [2.45, 2.75) is 0 Å². The van der Waals surface area contributed by atoms with Crippen LogP contribution in [0.4, 0.5) is 0 Å². The number of rotatable bonds is 2. The second kappa shape index (κ2) is 5.92. The van der Waals surface area contributed by atoms with Crippen LogP contribution in [0.3, 0.4) is 0 Å². The first-order chi connectivity index (χ1) is 5.86. The maximum absolute atomic E-state index is 8.99. The molecule has 4 heteroatoms. The van der Waals surface area contributed by atoms with Crippen molar-refractivity contribution in [2.24, 2.45) is 0 Å². The average Bonchev–Trinajstić information content (AvgIpc) is 2.04. The standard InChI is InChI=1S/C6H14N2O.ClH/c9-6-5-8-3-1-7-2-4-8;/h7,9H,1-6H2;1H/i5D2,6D2;. The summed E-state index contributed by atoms with van der Waals surface area (Å²) in [5.41, 5.74) is 0. The second-order valence-corrected chi connectivity index (χ2v) is 1.96. The monoisotopic (exact) mass is 170 g/mol. The third-order valence-electron chi connectivity index (χ3n) is 1.33. The van der Waals surface area contributed by atoms with E-state index in [0.29, 0.717) is 26.2 Å². The highest BCUT2D eigenvalue weighted by molar-refractivity contribution is 5.85. The van der Waals surface area contributed by atoms with E-state index in [4.69, 9.17) is 10.6 Å². The molecule has 62 valence electrons. The Hall–Kier alpha value is 0.170. The van der Waals surface area contributed by atoms with Crippen LogP contribution in [0.15, 0.2) is 0 Å². The molecule has 1 saturated heterocycles. The van der Waals surface area contributed by atoms with E-state index in [2.05, 4.69) is 5.32 Å². The summed E-state index contributed by atoms with van der Waals surface area (Å²) in [7, 11) is 0. The smallest absolute Gasteiger partial charge is 0.0577 e. The Morgan fingerprint density at radius 2 is 2.10 bits per heavy atom. The van der Waals surface area contributed by atoms with Gasteiger partial charge in [-0.15, -0.1) is 12.4 Å². The van der Waals surface area contributed by atoms with Gasteiger partial charge in [-0.25, -0.2) is 0 Å². The van der Waals surface area contributed by atoms with Crippen LogP contribution in [0, 0.1) is 0 Å². The zero-order valence-electron chi connectivity index (χ0n) is 9.63. The van der Waals surface area contributed by atoms with Gasteiger partial charge in [0, 0.05) is 35.4 Å². The molecule has 0 aromatic rings. The summed E-state index contributed by atoms with van der Waals surface area (Å²) in [4.78, 5) is 1.31. The summed E-state index contributed by atoms with van der Waals surface area (Å²) in [6.45, 7) is -3.06. The highest BCUT2D eigenvalue weighted by Crippen LogP contribution is 1.88. The molecule has 1 aliphatic rings. The largest absolute Gasteiger partial charge is 0.395 e. The lowest BCUT2D eigenvalue weighted by atomic mass is 10.4. The number of halogens is 1. The molecule has 1 heterocycles. The van der Waals surface area contributed by atoms with Crippen LogP contribution in [0.25, 0.3) is 0 Å². The molecule has 0 spiro atoms. The van der Waals surface area contributed by atoms with Crippen LogP contribution in [0.5, 0.6) is 0 Å². The lowest BCUT2D eigenvalue weighted by molar-refractivity contribution is 0.180. The lowest BCUT2D eigenvalue weighted by Crippen LogP contribution is -2.44. The van der Waals surface area contributed by atoms with Crippen molar-refractivity contribution in [1.29, 1.82) is 0 Å². The zero-order valence-corrected chi connectivity index (χ0v) is 6.45. The molecule has 0 amide bonds. The van der Waals surface area contributed by atoms with Gasteiger partial charge in [0.25, 0.3) is 0 Å². The van der Waals surface area contributed by atoms with Gasteiger partial charge in [-0.05, 0) is 0 Å². The molecule has 0 aliphatic carbocycles. The van der Waals surface area contributed by atoms with E-state index in [9.17, 15) is 0 Å². The number of nitrogens with zero attached hydrogens (tertiary/aromatic N) is 1. The molecule has 3 nitrogen and oxygen atoms in total. The second-order valence-electron chi connectivity index (χ2n) is 1.96. The van der Waals surface area contributed by atoms with E-state index >= 15 is 0 Å². The maximum Gasteiger partial charge on any atom is 0.0577 e. The highest BCUT2D eigenvalue weighted by Gasteiger charge is 2.06. The average molecular weight is 171 g/mol. The fourth-order valence-electron chi connectivity index (χ4n) is 0.847. The molecule has 0 saturated carbocycles. The number of hydrogen-bond acceptors (Lipinski definition) is 3. The van der Waals surface area contributed by atoms with Crippen molar-refractivity contribution in [1.82, 2.24) is 10.2 Å². The van der Waals surface area contributed by atoms with Crippen molar-refractivity contribution in [3.8, 4) is 0 Å². The van der Waals surface area contributed by atoms with Crippen LogP contribution in [-0.4, -0.2) is 49.2 Å². The highest BCUT2D eigenvalue weighted by atomic mass is 35.5. The van der Waals surface area contributed by atoms with E-state index in [0.717, 1.165) is 0 Å². The fourth-order valence-corrected chi connectivity index (χ4v) is 0.847. The van der Waals surface area contributed by atoms with Crippen molar-refractivity contribution in [3.05, 3.63) is 0 Å². The van der Waals surface area contributed by atoms with Gasteiger partial charge in [-0.1, -0.05) is 0 Å². The molecular weight excluding hydrogens is 152 g/mol. The minimum Gasteiger partial charge on any atom is -0.395 e. The van der Waals surface area contributed by atoms with Crippen LogP contribution >= 0.6 is 12.4 Å². The van der Waals surface area contributed by atoms with Gasteiger partial charge in [0.05, 0.1) is 9.30 Å². The molecule has 0 radical (unpaired) electrons. The SMILES string of the molecule is Cl.[2H]C([2H])(O)C([2H])([2H])N1CCNCC1. The van der Waals surface area contributed by atoms with Gasteiger partial charge in [-0.3, -0.25) is 4.90 Å². The Kier molecular flexibility index (Phi) is 2.92. The summed E-state index contributed by atoms with van der Waals surface area (Å²) in [5, 5.41) is 12.0. The molecule has 2 N–H and O–H groups in total. The Balaban J connectivity index is 0.00000169. The molecule has 1 rings (SSSR count). The minimum atomic E-state index is -2.82. The Morgan fingerprint density at radius 1 is 1.50 bits per heavy atom. The third kappa shape index (κ3) is 3.37. The van der Waals surface area contributed by atoms with E-state index < -0.39 is 13.1 Å². The van der Waals surface area contributed by atoms with E-state index in [-0.39, 0.29) is 12.4 Å². The predicted molar refractivity (Wildman–Crippen MR) is 43.6 cm³/mol. The van der Waals surface area contributed by atoms with Gasteiger partial charge >= 0.3 is 0 Å². The Bertz CT molecular complexity index is 181. The van der Waals surface area contributed by atoms with Crippen LogP contribution < -0.4 is 5.32 Å². The number of piperazine rings is 1. The molecule has 0 unspecified atom stereocenters. The molecule has 0 aromatic heterocycles. The van der Waals surface area contributed by atoms with Gasteiger partial charge < -0.3 is 10.4 Å². The Labute approximate surface area is 73.4 Å². The minimum absolute atomic E-state index is 0. The van der Waals surface area contributed by atoms with Crippen LogP contribution in [0.1, 0.15) is 5.48 Å². The van der Waals surface area contributed by atoms with Gasteiger partial charge in [0.15, 0.2) is 0 Å². The molecule has 1 aliphatic heterocycles. The Morgan fingerprint density at radius 3 is 2.60 bits per heavy atom. The third-order valence-corrected chi connectivity index (χ3v) is 1.33. The van der Waals surface area contributed by atoms with Gasteiger partial charge in [0.1, 0.15) is 0 Å². The first-order valence-electron chi connectivity index (χ1n) is 5.04. The van der Waals surface area contributed by atoms with Crippen molar-refractivity contribution < 1.29 is 10.6 Å². The topological polar surface area (TPSA) is 35.5 Å². The number of hydrogen-bond donors (Lipinski definition) is 2. The van der Waals surface area contributed by atoms with E-state index in [1.54, 1.807) is 0 Å². The van der Waals surface area contributed by atoms with Crippen LogP contribution in [-0.2, 0) is 0 Å². The summed E-state index contributed by atoms with van der Waals surface area (Å²) in [6.07, 6.45) is 0. The van der Waals surface area contributed by atoms with Crippen molar-refractivity contribution in [2.75, 3.05) is 39.2 Å².